The Bertz CT molecular complexity index is 664. The van der Waals surface area contributed by atoms with Gasteiger partial charge in [-0.1, -0.05) is 30.3 Å². The summed E-state index contributed by atoms with van der Waals surface area (Å²) in [5, 5.41) is 2.74. The van der Waals surface area contributed by atoms with Crippen LogP contribution >= 0.6 is 0 Å². The van der Waals surface area contributed by atoms with Crippen molar-refractivity contribution >= 4 is 12.1 Å². The summed E-state index contributed by atoms with van der Waals surface area (Å²) >= 11 is 0. The number of hydrogen-bond donors (Lipinski definition) is 1. The monoisotopic (exact) mass is 412 g/mol. The van der Waals surface area contributed by atoms with Crippen LogP contribution in [-0.2, 0) is 20.9 Å². The van der Waals surface area contributed by atoms with Crippen LogP contribution in [0.25, 0.3) is 0 Å². The van der Waals surface area contributed by atoms with Crippen LogP contribution in [0.5, 0.6) is 0 Å². The van der Waals surface area contributed by atoms with Crippen LogP contribution in [0.1, 0.15) is 39.2 Å². The molecule has 1 saturated heterocycles. The molecule has 1 fully saturated rings. The molecule has 2 rings (SSSR count). The molecular weight excluding hydrogens is 382 g/mol. The molecule has 0 aromatic heterocycles. The minimum Gasteiger partial charge on any atom is -0.461 e. The van der Waals surface area contributed by atoms with Gasteiger partial charge in [-0.3, -0.25) is 9.69 Å². The zero-order valence-corrected chi connectivity index (χ0v) is 17.2. The third kappa shape index (κ3) is 8.35. The molecule has 0 radical (unpaired) electrons. The highest BCUT2D eigenvalue weighted by atomic mass is 19.3. The van der Waals surface area contributed by atoms with Crippen molar-refractivity contribution in [3.8, 4) is 0 Å². The SMILES string of the molecule is CC(C)(C)OC(=O)N[C@H]1CCN(CC(F)F)CC[C@H]1C(=O)OCc1ccccc1. The Labute approximate surface area is 170 Å². The molecule has 0 unspecified atom stereocenters. The van der Waals surface area contributed by atoms with E-state index in [1.165, 1.54) is 0 Å². The Morgan fingerprint density at radius 1 is 1.17 bits per heavy atom. The number of benzene rings is 1. The van der Waals surface area contributed by atoms with E-state index in [9.17, 15) is 18.4 Å². The normalized spacial score (nSPS) is 20.8. The second-order valence-electron chi connectivity index (χ2n) is 8.22. The van der Waals surface area contributed by atoms with E-state index in [1.54, 1.807) is 25.7 Å². The van der Waals surface area contributed by atoms with Crippen molar-refractivity contribution in [1.29, 1.82) is 0 Å². The fourth-order valence-corrected chi connectivity index (χ4v) is 3.28. The summed E-state index contributed by atoms with van der Waals surface area (Å²) in [4.78, 5) is 26.6. The molecule has 1 heterocycles. The van der Waals surface area contributed by atoms with Gasteiger partial charge in [0.25, 0.3) is 6.43 Å². The minimum atomic E-state index is -2.45. The van der Waals surface area contributed by atoms with Crippen molar-refractivity contribution in [2.45, 2.75) is 58.3 Å². The third-order valence-corrected chi connectivity index (χ3v) is 4.62. The van der Waals surface area contributed by atoms with Gasteiger partial charge in [-0.15, -0.1) is 0 Å². The molecule has 0 spiro atoms. The van der Waals surface area contributed by atoms with Crippen LogP contribution < -0.4 is 5.32 Å². The molecule has 1 aliphatic heterocycles. The van der Waals surface area contributed by atoms with E-state index in [2.05, 4.69) is 5.32 Å². The van der Waals surface area contributed by atoms with Gasteiger partial charge in [0.15, 0.2) is 0 Å². The number of alkyl halides is 2. The van der Waals surface area contributed by atoms with Gasteiger partial charge in [-0.2, -0.15) is 0 Å². The molecule has 8 heteroatoms. The van der Waals surface area contributed by atoms with Crippen molar-refractivity contribution in [2.24, 2.45) is 5.92 Å². The molecule has 0 saturated carbocycles. The highest BCUT2D eigenvalue weighted by molar-refractivity contribution is 5.75. The standard InChI is InChI=1S/C21H30F2N2O4/c1-21(2,3)29-20(27)24-17-10-12-25(13-18(22)23)11-9-16(17)19(26)28-14-15-7-5-4-6-8-15/h4-8,16-18H,9-14H2,1-3H3,(H,24,27)/t16-,17+/m1/s1. The number of rotatable bonds is 6. The number of amides is 1. The van der Waals surface area contributed by atoms with Crippen molar-refractivity contribution in [2.75, 3.05) is 19.6 Å². The third-order valence-electron chi connectivity index (χ3n) is 4.62. The van der Waals surface area contributed by atoms with Crippen molar-refractivity contribution < 1.29 is 27.8 Å². The first-order valence-electron chi connectivity index (χ1n) is 9.84. The molecule has 6 nitrogen and oxygen atoms in total. The molecule has 1 aliphatic rings. The maximum absolute atomic E-state index is 12.8. The summed E-state index contributed by atoms with van der Waals surface area (Å²) in [5.74, 6) is -1.08. The largest absolute Gasteiger partial charge is 0.461 e. The summed E-state index contributed by atoms with van der Waals surface area (Å²) in [6.45, 7) is 5.69. The van der Waals surface area contributed by atoms with Gasteiger partial charge < -0.3 is 14.8 Å². The number of carbonyl (C=O) groups excluding carboxylic acids is 2. The van der Waals surface area contributed by atoms with Gasteiger partial charge in [0.05, 0.1) is 12.5 Å². The number of alkyl carbamates (subject to hydrolysis) is 1. The van der Waals surface area contributed by atoms with E-state index in [0.29, 0.717) is 25.9 Å². The van der Waals surface area contributed by atoms with E-state index in [-0.39, 0.29) is 13.2 Å². The van der Waals surface area contributed by atoms with Crippen LogP contribution in [0.4, 0.5) is 13.6 Å². The van der Waals surface area contributed by atoms with Gasteiger partial charge in [0.2, 0.25) is 0 Å². The predicted molar refractivity (Wildman–Crippen MR) is 105 cm³/mol. The number of carbonyl (C=O) groups is 2. The van der Waals surface area contributed by atoms with Crippen LogP contribution in [0.15, 0.2) is 30.3 Å². The Kier molecular flexibility index (Phi) is 8.37. The number of nitrogens with one attached hydrogen (secondary N) is 1. The van der Waals surface area contributed by atoms with E-state index in [4.69, 9.17) is 9.47 Å². The highest BCUT2D eigenvalue weighted by Gasteiger charge is 2.35. The lowest BCUT2D eigenvalue weighted by molar-refractivity contribution is -0.151. The highest BCUT2D eigenvalue weighted by Crippen LogP contribution is 2.22. The summed E-state index contributed by atoms with van der Waals surface area (Å²) in [6, 6.07) is 8.72. The zero-order chi connectivity index (χ0) is 21.4. The van der Waals surface area contributed by atoms with Crippen molar-refractivity contribution in [3.05, 3.63) is 35.9 Å². The van der Waals surface area contributed by atoms with Crippen LogP contribution in [-0.4, -0.2) is 54.7 Å². The van der Waals surface area contributed by atoms with E-state index >= 15 is 0 Å². The lowest BCUT2D eigenvalue weighted by Gasteiger charge is -2.26. The number of esters is 1. The van der Waals surface area contributed by atoms with E-state index < -0.39 is 36.0 Å². The maximum atomic E-state index is 12.8. The predicted octanol–water partition coefficient (Wildman–Crippen LogP) is 3.60. The minimum absolute atomic E-state index is 0.121. The quantitative estimate of drug-likeness (QED) is 0.723. The summed E-state index contributed by atoms with van der Waals surface area (Å²) in [6.07, 6.45) is -2.41. The Morgan fingerprint density at radius 2 is 1.83 bits per heavy atom. The average Bonchev–Trinajstić information content (AvgIpc) is 2.81. The molecule has 1 amide bonds. The zero-order valence-electron chi connectivity index (χ0n) is 17.2. The Hall–Kier alpha value is -2.22. The second kappa shape index (κ2) is 10.5. The number of ether oxygens (including phenoxy) is 2. The first-order chi connectivity index (χ1) is 13.6. The summed E-state index contributed by atoms with van der Waals surface area (Å²) in [5.41, 5.74) is 0.172. The molecule has 162 valence electrons. The topological polar surface area (TPSA) is 67.9 Å². The van der Waals surface area contributed by atoms with Crippen molar-refractivity contribution in [3.63, 3.8) is 0 Å². The van der Waals surface area contributed by atoms with Crippen LogP contribution in [0.2, 0.25) is 0 Å². The fraction of sp³-hybridized carbons (Fsp3) is 0.619. The summed E-state index contributed by atoms with van der Waals surface area (Å²) in [7, 11) is 0. The van der Waals surface area contributed by atoms with Crippen LogP contribution in [0, 0.1) is 5.92 Å². The summed E-state index contributed by atoms with van der Waals surface area (Å²) < 4.78 is 36.3. The van der Waals surface area contributed by atoms with Gasteiger partial charge in [0.1, 0.15) is 12.2 Å². The average molecular weight is 412 g/mol. The Balaban J connectivity index is 2.05. The van der Waals surface area contributed by atoms with Crippen molar-refractivity contribution in [1.82, 2.24) is 10.2 Å². The molecule has 1 N–H and O–H groups in total. The number of hydrogen-bond acceptors (Lipinski definition) is 5. The fourth-order valence-electron chi connectivity index (χ4n) is 3.28. The van der Waals surface area contributed by atoms with Gasteiger partial charge in [-0.05, 0) is 45.7 Å². The maximum Gasteiger partial charge on any atom is 0.407 e. The molecule has 0 bridgehead atoms. The van der Waals surface area contributed by atoms with Gasteiger partial charge >= 0.3 is 12.1 Å². The smallest absolute Gasteiger partial charge is 0.407 e. The molecule has 1 aromatic rings. The van der Waals surface area contributed by atoms with Gasteiger partial charge in [0, 0.05) is 12.6 Å². The molecular formula is C21H30F2N2O4. The number of likely N-dealkylation sites (tertiary alicyclic amines) is 1. The molecule has 29 heavy (non-hydrogen) atoms. The Morgan fingerprint density at radius 3 is 2.45 bits per heavy atom. The first kappa shape index (κ1) is 23.1. The van der Waals surface area contributed by atoms with E-state index in [0.717, 1.165) is 5.56 Å². The number of nitrogens with zero attached hydrogens (tertiary/aromatic N) is 1. The lowest BCUT2D eigenvalue weighted by Crippen LogP contribution is -2.45. The second-order valence-corrected chi connectivity index (χ2v) is 8.22. The number of halogens is 2. The lowest BCUT2D eigenvalue weighted by atomic mass is 9.95. The van der Waals surface area contributed by atoms with Crippen LogP contribution in [0.3, 0.4) is 0 Å². The van der Waals surface area contributed by atoms with Gasteiger partial charge in [-0.25, -0.2) is 13.6 Å². The van der Waals surface area contributed by atoms with E-state index in [1.807, 2.05) is 30.3 Å². The molecule has 2 atom stereocenters. The molecule has 1 aromatic carbocycles. The molecule has 0 aliphatic carbocycles. The first-order valence-corrected chi connectivity index (χ1v) is 9.84.